The Kier molecular flexibility index (Phi) is 21.4. The number of nitrogens with zero attached hydrogens (tertiary/aromatic N) is 2. The molecule has 0 rings (SSSR count). The number of hydrogen-bond acceptors (Lipinski definition) is 2. The Morgan fingerprint density at radius 3 is 0.450 bits per heavy atom. The number of hydrogen-bond donors (Lipinski definition) is 0. The summed E-state index contributed by atoms with van der Waals surface area (Å²) in [5.41, 5.74) is 0. The zero-order valence-corrected chi connectivity index (χ0v) is 15.4. The number of quaternary nitrogens is 2. The highest BCUT2D eigenvalue weighted by Gasteiger charge is 2.16. The Balaban J connectivity index is -0.000000116. The fourth-order valence-electron chi connectivity index (χ4n) is 2.68. The molecule has 0 amide bonds. The Labute approximate surface area is 128 Å². The molecule has 0 aromatic rings. The maximum Gasteiger partial charge on any atom is 0.0757 e. The van der Waals surface area contributed by atoms with Gasteiger partial charge in [0.25, 0.3) is 0 Å². The molecule has 0 spiro atoms. The minimum atomic E-state index is 0. The molecule has 0 radical (unpaired) electrons. The van der Waals surface area contributed by atoms with Crippen LogP contribution in [0.3, 0.4) is 0 Å². The Bertz CT molecular complexity index is 124. The predicted molar refractivity (Wildman–Crippen MR) is 88.7 cm³/mol. The van der Waals surface area contributed by atoms with E-state index in [0.29, 0.717) is 0 Å². The third-order valence-electron chi connectivity index (χ3n) is 5.37. The monoisotopic (exact) mass is 294 g/mol. The molecule has 128 valence electrons. The van der Waals surface area contributed by atoms with Crippen molar-refractivity contribution >= 4 is 0 Å². The molecule has 0 aromatic heterocycles. The minimum absolute atomic E-state index is 0. The van der Waals surface area contributed by atoms with E-state index in [2.05, 4.69) is 55.4 Å². The van der Waals surface area contributed by atoms with Gasteiger partial charge in [-0.05, 0) is 55.4 Å². The highest BCUT2D eigenvalue weighted by atomic mass is 16.0. The van der Waals surface area contributed by atoms with Crippen LogP contribution in [0, 0.1) is 0 Å². The normalized spacial score (nSPS) is 10.8. The van der Waals surface area contributed by atoms with Crippen molar-refractivity contribution in [3.63, 3.8) is 0 Å². The molecule has 0 unspecified atom stereocenters. The van der Waals surface area contributed by atoms with Crippen LogP contribution in [0.1, 0.15) is 55.4 Å². The van der Waals surface area contributed by atoms with Gasteiger partial charge in [-0.2, -0.15) is 0 Å². The first-order valence-corrected chi connectivity index (χ1v) is 8.19. The smallest absolute Gasteiger partial charge is 0.0757 e. The highest BCUT2D eigenvalue weighted by Crippen LogP contribution is 2.03. The minimum Gasteiger partial charge on any atom is -0.870 e. The van der Waals surface area contributed by atoms with Crippen molar-refractivity contribution in [2.75, 3.05) is 52.4 Å². The van der Waals surface area contributed by atoms with Crippen molar-refractivity contribution < 1.29 is 19.9 Å². The van der Waals surface area contributed by atoms with Gasteiger partial charge in [-0.15, -0.1) is 0 Å². The molecule has 0 saturated heterocycles. The third kappa shape index (κ3) is 8.90. The van der Waals surface area contributed by atoms with Crippen molar-refractivity contribution in [2.45, 2.75) is 55.4 Å². The molecule has 0 saturated carbocycles. The Morgan fingerprint density at radius 2 is 0.450 bits per heavy atom. The summed E-state index contributed by atoms with van der Waals surface area (Å²) in [6, 6.07) is 0. The second-order valence-electron chi connectivity index (χ2n) is 5.21. The van der Waals surface area contributed by atoms with E-state index in [0.717, 1.165) is 0 Å². The van der Waals surface area contributed by atoms with Gasteiger partial charge in [0, 0.05) is 0 Å². The first kappa shape index (κ1) is 28.1. The van der Waals surface area contributed by atoms with Crippen molar-refractivity contribution in [1.29, 1.82) is 0 Å². The maximum atomic E-state index is 2.27. The third-order valence-corrected chi connectivity index (χ3v) is 5.37. The summed E-state index contributed by atoms with van der Waals surface area (Å²) in [5, 5.41) is 0. The van der Waals surface area contributed by atoms with Crippen molar-refractivity contribution in [3.05, 3.63) is 0 Å². The summed E-state index contributed by atoms with van der Waals surface area (Å²) in [5.74, 6) is 0. The molecular weight excluding hydrogens is 252 g/mol. The fourth-order valence-corrected chi connectivity index (χ4v) is 2.68. The van der Waals surface area contributed by atoms with E-state index in [1.54, 1.807) is 0 Å². The van der Waals surface area contributed by atoms with Crippen LogP contribution in [0.4, 0.5) is 0 Å². The van der Waals surface area contributed by atoms with Crippen molar-refractivity contribution in [3.8, 4) is 0 Å². The zero-order valence-electron chi connectivity index (χ0n) is 15.4. The zero-order chi connectivity index (χ0) is 14.7. The SMILES string of the molecule is CC[N+](CC)(CC)CC.CC[N+](CC)(CC)CC.[OH-].[OH-]. The van der Waals surface area contributed by atoms with Crippen LogP contribution in [-0.2, 0) is 0 Å². The highest BCUT2D eigenvalue weighted by molar-refractivity contribution is 4.31. The molecule has 0 heterocycles. The quantitative estimate of drug-likeness (QED) is 0.644. The Hall–Kier alpha value is -0.160. The van der Waals surface area contributed by atoms with E-state index in [-0.39, 0.29) is 11.0 Å². The lowest BCUT2D eigenvalue weighted by molar-refractivity contribution is -0.921. The van der Waals surface area contributed by atoms with E-state index < -0.39 is 0 Å². The van der Waals surface area contributed by atoms with Crippen molar-refractivity contribution in [1.82, 2.24) is 0 Å². The molecular formula is C16H42N2O2. The summed E-state index contributed by atoms with van der Waals surface area (Å²) in [7, 11) is 0. The molecule has 0 aliphatic carbocycles. The first-order valence-electron chi connectivity index (χ1n) is 8.19. The molecule has 0 aliphatic rings. The lowest BCUT2D eigenvalue weighted by Gasteiger charge is -2.34. The van der Waals surface area contributed by atoms with Crippen LogP contribution in [0.15, 0.2) is 0 Å². The largest absolute Gasteiger partial charge is 0.870 e. The van der Waals surface area contributed by atoms with E-state index in [1.165, 1.54) is 61.3 Å². The van der Waals surface area contributed by atoms with Gasteiger partial charge in [0.1, 0.15) is 0 Å². The second-order valence-corrected chi connectivity index (χ2v) is 5.21. The summed E-state index contributed by atoms with van der Waals surface area (Å²) in [6.45, 7) is 28.4. The second kappa shape index (κ2) is 15.2. The molecule has 0 bridgehead atoms. The molecule has 4 heteroatoms. The molecule has 4 nitrogen and oxygen atoms in total. The number of rotatable bonds is 8. The summed E-state index contributed by atoms with van der Waals surface area (Å²) in [4.78, 5) is 0. The first-order chi connectivity index (χ1) is 8.49. The van der Waals surface area contributed by atoms with Gasteiger partial charge in [0.15, 0.2) is 0 Å². The van der Waals surface area contributed by atoms with Gasteiger partial charge in [-0.3, -0.25) is 0 Å². The van der Waals surface area contributed by atoms with Gasteiger partial charge < -0.3 is 19.9 Å². The molecule has 0 atom stereocenters. The summed E-state index contributed by atoms with van der Waals surface area (Å²) >= 11 is 0. The van der Waals surface area contributed by atoms with Gasteiger partial charge in [0.05, 0.1) is 52.4 Å². The average molecular weight is 295 g/mol. The van der Waals surface area contributed by atoms with Crippen LogP contribution < -0.4 is 0 Å². The topological polar surface area (TPSA) is 60.0 Å². The lowest BCUT2D eigenvalue weighted by atomic mass is 10.3. The molecule has 0 aliphatic heterocycles. The van der Waals surface area contributed by atoms with Crippen LogP contribution in [0.5, 0.6) is 0 Å². The molecule has 0 aromatic carbocycles. The van der Waals surface area contributed by atoms with Crippen LogP contribution in [0.2, 0.25) is 0 Å². The van der Waals surface area contributed by atoms with E-state index >= 15 is 0 Å². The summed E-state index contributed by atoms with van der Waals surface area (Å²) < 4.78 is 2.56. The standard InChI is InChI=1S/2C8H20N.2H2O/c2*1-5-9(6-2,7-3)8-4;;/h2*5-8H2,1-4H3;2*1H2/q2*+1;;/p-2. The van der Waals surface area contributed by atoms with Gasteiger partial charge >= 0.3 is 0 Å². The Morgan fingerprint density at radius 1 is 0.350 bits per heavy atom. The maximum absolute atomic E-state index is 2.27. The van der Waals surface area contributed by atoms with E-state index in [4.69, 9.17) is 0 Å². The van der Waals surface area contributed by atoms with Crippen LogP contribution in [-0.4, -0.2) is 72.3 Å². The van der Waals surface area contributed by atoms with Gasteiger partial charge in [-0.1, -0.05) is 0 Å². The predicted octanol–water partition coefficient (Wildman–Crippen LogP) is 3.41. The van der Waals surface area contributed by atoms with Crippen LogP contribution in [0.25, 0.3) is 0 Å². The molecule has 0 fully saturated rings. The average Bonchev–Trinajstić information content (AvgIpc) is 2.46. The van der Waals surface area contributed by atoms with E-state index in [1.807, 2.05) is 0 Å². The molecule has 20 heavy (non-hydrogen) atoms. The fraction of sp³-hybridized carbons (Fsp3) is 1.00. The summed E-state index contributed by atoms with van der Waals surface area (Å²) in [6.07, 6.45) is 0. The van der Waals surface area contributed by atoms with E-state index in [9.17, 15) is 0 Å². The lowest BCUT2D eigenvalue weighted by Crippen LogP contribution is -2.47. The van der Waals surface area contributed by atoms with Gasteiger partial charge in [-0.25, -0.2) is 0 Å². The van der Waals surface area contributed by atoms with Crippen LogP contribution >= 0.6 is 0 Å². The molecule has 2 N–H and O–H groups in total. The van der Waals surface area contributed by atoms with Gasteiger partial charge in [0.2, 0.25) is 0 Å². The van der Waals surface area contributed by atoms with Crippen molar-refractivity contribution in [2.24, 2.45) is 0 Å².